The van der Waals surface area contributed by atoms with E-state index in [9.17, 15) is 5.11 Å². The second kappa shape index (κ2) is 6.40. The van der Waals surface area contributed by atoms with Gasteiger partial charge < -0.3 is 14.7 Å². The minimum absolute atomic E-state index is 0.0932. The molecule has 0 radical (unpaired) electrons. The molecule has 1 atom stereocenters. The Kier molecular flexibility index (Phi) is 4.83. The molecule has 1 N–H and O–H groups in total. The molecule has 1 aliphatic carbocycles. The largest absolute Gasteiger partial charge is 0.497 e. The summed E-state index contributed by atoms with van der Waals surface area (Å²) in [5.41, 5.74) is 1.31. The highest BCUT2D eigenvalue weighted by Crippen LogP contribution is 2.38. The molecule has 1 unspecified atom stereocenters. The average molecular weight is 263 g/mol. The minimum Gasteiger partial charge on any atom is -0.497 e. The summed E-state index contributed by atoms with van der Waals surface area (Å²) in [6.45, 7) is 0. The van der Waals surface area contributed by atoms with Gasteiger partial charge in [0, 0.05) is 6.04 Å². The van der Waals surface area contributed by atoms with Gasteiger partial charge in [-0.3, -0.25) is 0 Å². The lowest BCUT2D eigenvalue weighted by molar-refractivity contribution is 0.0778. The van der Waals surface area contributed by atoms with Crippen molar-refractivity contribution in [1.29, 1.82) is 0 Å². The predicted molar refractivity (Wildman–Crippen MR) is 77.4 cm³/mol. The molecule has 2 rings (SSSR count). The fourth-order valence-corrected chi connectivity index (χ4v) is 3.23. The molecule has 0 amide bonds. The Morgan fingerprint density at radius 1 is 1.21 bits per heavy atom. The van der Waals surface area contributed by atoms with Crippen LogP contribution in [0.2, 0.25) is 0 Å². The van der Waals surface area contributed by atoms with Crippen molar-refractivity contribution < 1.29 is 9.84 Å². The number of methoxy groups -OCH3 is 1. The summed E-state index contributed by atoms with van der Waals surface area (Å²) in [6.07, 6.45) is 3.96. The first-order chi connectivity index (χ1) is 9.11. The van der Waals surface area contributed by atoms with Crippen molar-refractivity contribution in [2.45, 2.75) is 37.8 Å². The van der Waals surface area contributed by atoms with Gasteiger partial charge in [-0.2, -0.15) is 0 Å². The molecule has 106 valence electrons. The second-order valence-corrected chi connectivity index (χ2v) is 5.75. The predicted octanol–water partition coefficient (Wildman–Crippen LogP) is 2.85. The van der Waals surface area contributed by atoms with Crippen LogP contribution in [0.5, 0.6) is 5.75 Å². The summed E-state index contributed by atoms with van der Waals surface area (Å²) in [6, 6.07) is 8.76. The third kappa shape index (κ3) is 3.48. The van der Waals surface area contributed by atoms with Crippen LogP contribution in [0, 0.1) is 5.92 Å². The van der Waals surface area contributed by atoms with Crippen LogP contribution in [0.25, 0.3) is 0 Å². The number of aliphatic hydroxyl groups is 1. The molecule has 0 saturated heterocycles. The Hall–Kier alpha value is -1.06. The summed E-state index contributed by atoms with van der Waals surface area (Å²) >= 11 is 0. The number of hydrogen-bond donors (Lipinski definition) is 1. The number of ether oxygens (including phenoxy) is 1. The van der Waals surface area contributed by atoms with Crippen LogP contribution >= 0.6 is 0 Å². The van der Waals surface area contributed by atoms with Crippen LogP contribution in [-0.4, -0.2) is 37.3 Å². The van der Waals surface area contributed by atoms with Gasteiger partial charge in [0.15, 0.2) is 0 Å². The molecular formula is C16H25NO2. The topological polar surface area (TPSA) is 32.7 Å². The fourth-order valence-electron chi connectivity index (χ4n) is 3.23. The zero-order valence-electron chi connectivity index (χ0n) is 12.2. The van der Waals surface area contributed by atoms with Crippen molar-refractivity contribution in [1.82, 2.24) is 4.90 Å². The van der Waals surface area contributed by atoms with Gasteiger partial charge in [-0.05, 0) is 63.4 Å². The molecular weight excluding hydrogens is 238 g/mol. The van der Waals surface area contributed by atoms with E-state index < -0.39 is 0 Å². The molecule has 3 nitrogen and oxygen atoms in total. The van der Waals surface area contributed by atoms with Crippen molar-refractivity contribution in [2.24, 2.45) is 5.92 Å². The van der Waals surface area contributed by atoms with Crippen molar-refractivity contribution in [3.63, 3.8) is 0 Å². The second-order valence-electron chi connectivity index (χ2n) is 5.75. The molecule has 19 heavy (non-hydrogen) atoms. The summed E-state index contributed by atoms with van der Waals surface area (Å²) in [5, 5.41) is 9.67. The first-order valence-electron chi connectivity index (χ1n) is 7.10. The van der Waals surface area contributed by atoms with E-state index in [2.05, 4.69) is 37.2 Å². The van der Waals surface area contributed by atoms with Crippen LogP contribution in [0.4, 0.5) is 0 Å². The number of aliphatic hydroxyl groups excluding tert-OH is 1. The maximum absolute atomic E-state index is 9.67. The normalized spacial score (nSPS) is 25.3. The van der Waals surface area contributed by atoms with E-state index in [1.165, 1.54) is 5.56 Å². The molecule has 1 fully saturated rings. The Morgan fingerprint density at radius 3 is 2.47 bits per heavy atom. The third-order valence-electron chi connectivity index (χ3n) is 4.18. The highest BCUT2D eigenvalue weighted by molar-refractivity contribution is 5.31. The monoisotopic (exact) mass is 263 g/mol. The van der Waals surface area contributed by atoms with Crippen molar-refractivity contribution in [3.05, 3.63) is 29.8 Å². The molecule has 0 bridgehead atoms. The molecule has 0 heterocycles. The Morgan fingerprint density at radius 2 is 1.89 bits per heavy atom. The van der Waals surface area contributed by atoms with Gasteiger partial charge in [-0.15, -0.1) is 0 Å². The van der Waals surface area contributed by atoms with Gasteiger partial charge in [0.1, 0.15) is 5.75 Å². The standard InChI is InChI=1S/C16H25NO2/c1-17(2)16(12-7-9-14(18)10-8-12)13-5-4-6-15(11-13)19-3/h4-6,11-12,14,16,18H,7-10H2,1-3H3. The number of benzene rings is 1. The van der Waals surface area contributed by atoms with Gasteiger partial charge >= 0.3 is 0 Å². The molecule has 1 saturated carbocycles. The number of nitrogens with zero attached hydrogens (tertiary/aromatic N) is 1. The van der Waals surface area contributed by atoms with Gasteiger partial charge in [0.05, 0.1) is 13.2 Å². The van der Waals surface area contributed by atoms with Crippen molar-refractivity contribution in [2.75, 3.05) is 21.2 Å². The fraction of sp³-hybridized carbons (Fsp3) is 0.625. The Balaban J connectivity index is 2.19. The van der Waals surface area contributed by atoms with Gasteiger partial charge in [-0.1, -0.05) is 12.1 Å². The van der Waals surface area contributed by atoms with E-state index in [1.807, 2.05) is 6.07 Å². The maximum atomic E-state index is 9.67. The summed E-state index contributed by atoms with van der Waals surface area (Å²) in [7, 11) is 5.98. The summed E-state index contributed by atoms with van der Waals surface area (Å²) in [4.78, 5) is 2.29. The van der Waals surface area contributed by atoms with Crippen LogP contribution in [0.3, 0.4) is 0 Å². The lowest BCUT2D eigenvalue weighted by Crippen LogP contribution is -2.31. The van der Waals surface area contributed by atoms with Gasteiger partial charge in [-0.25, -0.2) is 0 Å². The summed E-state index contributed by atoms with van der Waals surface area (Å²) < 4.78 is 5.33. The molecule has 0 aromatic heterocycles. The van der Waals surface area contributed by atoms with Crippen LogP contribution < -0.4 is 4.74 Å². The zero-order chi connectivity index (χ0) is 13.8. The third-order valence-corrected chi connectivity index (χ3v) is 4.18. The average Bonchev–Trinajstić information content (AvgIpc) is 2.41. The number of rotatable bonds is 4. The molecule has 0 spiro atoms. The van der Waals surface area contributed by atoms with E-state index in [-0.39, 0.29) is 6.10 Å². The summed E-state index contributed by atoms with van der Waals surface area (Å²) in [5.74, 6) is 1.53. The van der Waals surface area contributed by atoms with E-state index in [0.717, 1.165) is 31.4 Å². The van der Waals surface area contributed by atoms with E-state index in [4.69, 9.17) is 4.74 Å². The van der Waals surface area contributed by atoms with Gasteiger partial charge in [0.25, 0.3) is 0 Å². The molecule has 0 aliphatic heterocycles. The molecule has 1 aromatic rings. The van der Waals surface area contributed by atoms with Crippen LogP contribution in [0.15, 0.2) is 24.3 Å². The molecule has 3 heteroatoms. The Bertz CT molecular complexity index is 397. The molecule has 1 aromatic carbocycles. The Labute approximate surface area is 116 Å². The lowest BCUT2D eigenvalue weighted by atomic mass is 9.79. The molecule has 1 aliphatic rings. The van der Waals surface area contributed by atoms with E-state index in [0.29, 0.717) is 12.0 Å². The first kappa shape index (κ1) is 14.4. The smallest absolute Gasteiger partial charge is 0.119 e. The van der Waals surface area contributed by atoms with Crippen molar-refractivity contribution >= 4 is 0 Å². The lowest BCUT2D eigenvalue weighted by Gasteiger charge is -2.36. The zero-order valence-corrected chi connectivity index (χ0v) is 12.2. The van der Waals surface area contributed by atoms with E-state index >= 15 is 0 Å². The SMILES string of the molecule is COc1cccc(C(C2CCC(O)CC2)N(C)C)c1. The van der Waals surface area contributed by atoms with Crippen LogP contribution in [-0.2, 0) is 0 Å². The van der Waals surface area contributed by atoms with E-state index in [1.54, 1.807) is 7.11 Å². The first-order valence-corrected chi connectivity index (χ1v) is 7.10. The number of hydrogen-bond acceptors (Lipinski definition) is 3. The van der Waals surface area contributed by atoms with Crippen LogP contribution in [0.1, 0.15) is 37.3 Å². The quantitative estimate of drug-likeness (QED) is 0.906. The minimum atomic E-state index is -0.0932. The highest BCUT2D eigenvalue weighted by atomic mass is 16.5. The van der Waals surface area contributed by atoms with Gasteiger partial charge in [0.2, 0.25) is 0 Å². The highest BCUT2D eigenvalue weighted by Gasteiger charge is 2.29. The maximum Gasteiger partial charge on any atom is 0.119 e. The van der Waals surface area contributed by atoms with Crippen molar-refractivity contribution in [3.8, 4) is 5.75 Å².